The number of amides is 1. The molecule has 0 bridgehead atoms. The Balaban J connectivity index is 1.19. The normalized spacial score (nSPS) is 21.5. The van der Waals surface area contributed by atoms with Crippen LogP contribution in [0.2, 0.25) is 0 Å². The molecule has 1 aromatic carbocycles. The first kappa shape index (κ1) is 19.7. The third kappa shape index (κ3) is 4.86. The van der Waals surface area contributed by atoms with Gasteiger partial charge in [-0.2, -0.15) is 0 Å². The van der Waals surface area contributed by atoms with Crippen molar-refractivity contribution in [2.45, 2.75) is 82.8 Å². The topological polar surface area (TPSA) is 41.6 Å². The van der Waals surface area contributed by atoms with Crippen molar-refractivity contribution in [3.05, 3.63) is 29.1 Å². The molecular formula is C23H33FN2O2. The molecule has 0 spiro atoms. The molecule has 154 valence electrons. The Bertz CT molecular complexity index is 679. The first-order valence-electron chi connectivity index (χ1n) is 11.2. The molecule has 1 heterocycles. The number of hydrogen-bond acceptors (Lipinski definition) is 3. The first-order valence-corrected chi connectivity index (χ1v) is 11.2. The van der Waals surface area contributed by atoms with E-state index >= 15 is 0 Å². The van der Waals surface area contributed by atoms with Crippen molar-refractivity contribution in [3.63, 3.8) is 0 Å². The van der Waals surface area contributed by atoms with Gasteiger partial charge in [-0.15, -0.1) is 0 Å². The highest BCUT2D eigenvalue weighted by Crippen LogP contribution is 2.34. The summed E-state index contributed by atoms with van der Waals surface area (Å²) in [5.41, 5.74) is 1.95. The van der Waals surface area contributed by atoms with Crippen molar-refractivity contribution < 1.29 is 13.9 Å². The van der Waals surface area contributed by atoms with Gasteiger partial charge in [-0.25, -0.2) is 4.39 Å². The summed E-state index contributed by atoms with van der Waals surface area (Å²) in [7, 11) is 0. The van der Waals surface area contributed by atoms with E-state index in [1.165, 1.54) is 19.3 Å². The van der Waals surface area contributed by atoms with Crippen LogP contribution >= 0.6 is 0 Å². The van der Waals surface area contributed by atoms with Crippen LogP contribution in [0, 0.1) is 5.82 Å². The van der Waals surface area contributed by atoms with Crippen LogP contribution in [0.5, 0.6) is 5.75 Å². The zero-order chi connectivity index (χ0) is 19.3. The van der Waals surface area contributed by atoms with Crippen molar-refractivity contribution in [2.24, 2.45) is 0 Å². The van der Waals surface area contributed by atoms with Crippen LogP contribution < -0.4 is 10.1 Å². The van der Waals surface area contributed by atoms with Gasteiger partial charge < -0.3 is 15.0 Å². The Morgan fingerprint density at radius 1 is 1.04 bits per heavy atom. The van der Waals surface area contributed by atoms with Gasteiger partial charge in [-0.05, 0) is 62.6 Å². The third-order valence-electron chi connectivity index (χ3n) is 6.64. The summed E-state index contributed by atoms with van der Waals surface area (Å²) in [5, 5.41) is 3.21. The van der Waals surface area contributed by atoms with Crippen LogP contribution in [0.3, 0.4) is 0 Å². The van der Waals surface area contributed by atoms with Gasteiger partial charge in [0, 0.05) is 37.7 Å². The average Bonchev–Trinajstić information content (AvgIpc) is 3.21. The Kier molecular flexibility index (Phi) is 6.50. The van der Waals surface area contributed by atoms with Gasteiger partial charge in [0.2, 0.25) is 5.91 Å². The molecule has 0 aromatic heterocycles. The molecule has 2 aliphatic carbocycles. The van der Waals surface area contributed by atoms with Crippen LogP contribution in [-0.2, 0) is 17.6 Å². The number of fused-ring (bicyclic) bond motifs is 1. The summed E-state index contributed by atoms with van der Waals surface area (Å²) in [6.07, 6.45) is 11.6. The van der Waals surface area contributed by atoms with E-state index in [1.54, 1.807) is 6.07 Å². The fourth-order valence-electron chi connectivity index (χ4n) is 4.98. The highest BCUT2D eigenvalue weighted by Gasteiger charge is 2.25. The number of nitrogens with zero attached hydrogens (tertiary/aromatic N) is 1. The molecule has 5 heteroatoms. The number of carbonyl (C=O) groups is 1. The smallest absolute Gasteiger partial charge is 0.221 e. The molecule has 1 aliphatic heterocycles. The second-order valence-electron chi connectivity index (χ2n) is 8.67. The maximum Gasteiger partial charge on any atom is 0.221 e. The number of carbonyl (C=O) groups excluding carboxylic acids is 1. The molecule has 28 heavy (non-hydrogen) atoms. The Morgan fingerprint density at radius 2 is 1.79 bits per heavy atom. The van der Waals surface area contributed by atoms with Crippen molar-refractivity contribution in [3.8, 4) is 5.75 Å². The molecule has 0 unspecified atom stereocenters. The molecule has 4 rings (SSSR count). The van der Waals surface area contributed by atoms with Gasteiger partial charge in [-0.3, -0.25) is 4.79 Å². The number of likely N-dealkylation sites (tertiary alicyclic amines) is 1. The van der Waals surface area contributed by atoms with Crippen LogP contribution in [0.25, 0.3) is 0 Å². The fraction of sp³-hybridized carbons (Fsp3) is 0.696. The van der Waals surface area contributed by atoms with E-state index in [-0.39, 0.29) is 17.8 Å². The summed E-state index contributed by atoms with van der Waals surface area (Å²) < 4.78 is 20.2. The van der Waals surface area contributed by atoms with Gasteiger partial charge in [0.05, 0.1) is 0 Å². The number of ether oxygens (including phenoxy) is 1. The number of nitrogens with one attached hydrogen (secondary N) is 1. The Morgan fingerprint density at radius 3 is 2.57 bits per heavy atom. The predicted octanol–water partition coefficient (Wildman–Crippen LogP) is 4.00. The van der Waals surface area contributed by atoms with Crippen LogP contribution in [0.15, 0.2) is 12.1 Å². The lowest BCUT2D eigenvalue weighted by molar-refractivity contribution is -0.122. The maximum atomic E-state index is 13.9. The van der Waals surface area contributed by atoms with Crippen molar-refractivity contribution in [2.75, 3.05) is 19.6 Å². The molecule has 3 aliphatic rings. The monoisotopic (exact) mass is 388 g/mol. The quantitative estimate of drug-likeness (QED) is 0.801. The zero-order valence-corrected chi connectivity index (χ0v) is 16.9. The molecule has 1 N–H and O–H groups in total. The number of benzene rings is 1. The van der Waals surface area contributed by atoms with Crippen LogP contribution in [0.1, 0.15) is 68.9 Å². The second-order valence-corrected chi connectivity index (χ2v) is 8.67. The summed E-state index contributed by atoms with van der Waals surface area (Å²) in [6, 6.07) is 3.76. The van der Waals surface area contributed by atoms with E-state index in [0.717, 1.165) is 81.5 Å². The molecule has 1 saturated heterocycles. The molecule has 4 nitrogen and oxygen atoms in total. The van der Waals surface area contributed by atoms with E-state index in [9.17, 15) is 9.18 Å². The minimum absolute atomic E-state index is 0.0822. The van der Waals surface area contributed by atoms with Gasteiger partial charge in [-0.1, -0.05) is 19.3 Å². The van der Waals surface area contributed by atoms with Crippen LogP contribution in [-0.4, -0.2) is 42.6 Å². The average molecular weight is 389 g/mol. The van der Waals surface area contributed by atoms with E-state index in [1.807, 2.05) is 6.07 Å². The van der Waals surface area contributed by atoms with Crippen molar-refractivity contribution in [1.29, 1.82) is 0 Å². The number of hydrogen-bond donors (Lipinski definition) is 1. The van der Waals surface area contributed by atoms with Crippen molar-refractivity contribution >= 4 is 5.91 Å². The molecule has 0 atom stereocenters. The molecule has 1 aromatic rings. The van der Waals surface area contributed by atoms with Gasteiger partial charge in [0.25, 0.3) is 0 Å². The first-order chi connectivity index (χ1) is 13.7. The highest BCUT2D eigenvalue weighted by atomic mass is 19.1. The Hall–Kier alpha value is -1.62. The highest BCUT2D eigenvalue weighted by molar-refractivity contribution is 5.76. The third-order valence-corrected chi connectivity index (χ3v) is 6.64. The summed E-state index contributed by atoms with van der Waals surface area (Å²) >= 11 is 0. The maximum absolute atomic E-state index is 13.9. The van der Waals surface area contributed by atoms with E-state index < -0.39 is 0 Å². The van der Waals surface area contributed by atoms with Gasteiger partial charge >= 0.3 is 0 Å². The zero-order valence-electron chi connectivity index (χ0n) is 16.9. The predicted molar refractivity (Wildman–Crippen MR) is 108 cm³/mol. The van der Waals surface area contributed by atoms with Gasteiger partial charge in [0.1, 0.15) is 17.7 Å². The summed E-state index contributed by atoms with van der Waals surface area (Å²) in [6.45, 7) is 2.76. The summed E-state index contributed by atoms with van der Waals surface area (Å²) in [5.74, 6) is 1.01. The Labute approximate surface area is 167 Å². The number of rotatable bonds is 6. The SMILES string of the molecule is O=C(CCN1CCC(Oc2ccc(F)c3c2CCC3)CC1)NC1CCCCC1. The van der Waals surface area contributed by atoms with E-state index in [2.05, 4.69) is 10.2 Å². The van der Waals surface area contributed by atoms with E-state index in [4.69, 9.17) is 4.74 Å². The number of halogens is 1. The molecule has 1 amide bonds. The second kappa shape index (κ2) is 9.25. The van der Waals surface area contributed by atoms with Crippen LogP contribution in [0.4, 0.5) is 4.39 Å². The lowest BCUT2D eigenvalue weighted by Crippen LogP contribution is -2.41. The fourth-order valence-corrected chi connectivity index (χ4v) is 4.98. The lowest BCUT2D eigenvalue weighted by atomic mass is 9.95. The molecule has 0 radical (unpaired) electrons. The minimum atomic E-state index is -0.0822. The van der Waals surface area contributed by atoms with Gasteiger partial charge in [0.15, 0.2) is 0 Å². The number of piperidine rings is 1. The largest absolute Gasteiger partial charge is 0.490 e. The molecular weight excluding hydrogens is 355 g/mol. The van der Waals surface area contributed by atoms with E-state index in [0.29, 0.717) is 12.5 Å². The molecule has 2 fully saturated rings. The summed E-state index contributed by atoms with van der Waals surface area (Å²) in [4.78, 5) is 14.6. The standard InChI is InChI=1S/C23H33FN2O2/c24-21-9-10-22(20-8-4-7-19(20)21)28-18-11-14-26(15-12-18)16-13-23(27)25-17-5-2-1-3-6-17/h9-10,17-18H,1-8,11-16H2,(H,25,27). The molecule has 1 saturated carbocycles. The minimum Gasteiger partial charge on any atom is -0.490 e. The lowest BCUT2D eigenvalue weighted by Gasteiger charge is -2.32. The van der Waals surface area contributed by atoms with Crippen molar-refractivity contribution in [1.82, 2.24) is 10.2 Å².